The molecule has 34 heavy (non-hydrogen) atoms. The van der Waals surface area contributed by atoms with Crippen molar-refractivity contribution in [3.63, 3.8) is 0 Å². The van der Waals surface area contributed by atoms with Crippen molar-refractivity contribution in [2.45, 2.75) is 19.3 Å². The van der Waals surface area contributed by atoms with Crippen LogP contribution in [0.15, 0.2) is 127 Å². The lowest BCUT2D eigenvalue weighted by Gasteiger charge is -2.19. The smallest absolute Gasteiger partial charge is 0.116 e. The van der Waals surface area contributed by atoms with E-state index in [0.717, 1.165) is 30.4 Å². The van der Waals surface area contributed by atoms with E-state index in [4.69, 9.17) is 0 Å². The Morgan fingerprint density at radius 2 is 0.882 bits per heavy atom. The van der Waals surface area contributed by atoms with Gasteiger partial charge in [0.1, 0.15) is 5.75 Å². The summed E-state index contributed by atoms with van der Waals surface area (Å²) in [5.74, 6) is 0.292. The van der Waals surface area contributed by atoms with E-state index in [2.05, 4.69) is 109 Å². The second kappa shape index (κ2) is 10.2. The Balaban J connectivity index is 1.67. The van der Waals surface area contributed by atoms with E-state index < -0.39 is 0 Å². The van der Waals surface area contributed by atoms with Crippen LogP contribution >= 0.6 is 0 Å². The highest BCUT2D eigenvalue weighted by Gasteiger charge is 2.14. The Morgan fingerprint density at radius 3 is 1.35 bits per heavy atom. The fraction of sp³-hybridized carbons (Fsp3) is 0.0909. The molecular weight excluding hydrogens is 412 g/mol. The van der Waals surface area contributed by atoms with Crippen LogP contribution < -0.4 is 0 Å². The predicted octanol–water partition coefficient (Wildman–Crippen LogP) is 7.83. The van der Waals surface area contributed by atoms with Crippen molar-refractivity contribution >= 4 is 0 Å². The lowest BCUT2D eigenvalue weighted by Crippen LogP contribution is -2.05. The van der Waals surface area contributed by atoms with Gasteiger partial charge in [-0.3, -0.25) is 0 Å². The summed E-state index contributed by atoms with van der Waals surface area (Å²) in [7, 11) is 0. The van der Waals surface area contributed by atoms with Crippen LogP contribution in [0.4, 0.5) is 0 Å². The van der Waals surface area contributed by atoms with Crippen molar-refractivity contribution in [3.8, 4) is 16.9 Å². The third-order valence-corrected chi connectivity index (χ3v) is 6.31. The van der Waals surface area contributed by atoms with E-state index >= 15 is 0 Å². The highest BCUT2D eigenvalue weighted by molar-refractivity contribution is 5.68. The molecule has 166 valence electrons. The summed E-state index contributed by atoms with van der Waals surface area (Å²) in [6.45, 7) is 0. The zero-order valence-corrected chi connectivity index (χ0v) is 19.2. The van der Waals surface area contributed by atoms with Crippen molar-refractivity contribution < 1.29 is 5.11 Å². The van der Waals surface area contributed by atoms with E-state index in [1.165, 1.54) is 33.4 Å². The molecule has 0 aliphatic rings. The summed E-state index contributed by atoms with van der Waals surface area (Å²) in [4.78, 5) is 0. The van der Waals surface area contributed by atoms with Crippen molar-refractivity contribution in [1.29, 1.82) is 0 Å². The summed E-state index contributed by atoms with van der Waals surface area (Å²) in [6.07, 6.45) is 2.64. The summed E-state index contributed by atoms with van der Waals surface area (Å²) in [5, 5.41) is 10.1. The van der Waals surface area contributed by atoms with Crippen LogP contribution in [0.1, 0.15) is 33.4 Å². The van der Waals surface area contributed by atoms with Crippen LogP contribution in [0, 0.1) is 0 Å². The summed E-state index contributed by atoms with van der Waals surface area (Å²) < 4.78 is 0. The van der Waals surface area contributed by atoms with Gasteiger partial charge in [0.25, 0.3) is 0 Å². The Bertz CT molecular complexity index is 1290. The van der Waals surface area contributed by atoms with Crippen molar-refractivity contribution in [2.24, 2.45) is 0 Å². The fourth-order valence-electron chi connectivity index (χ4n) is 4.62. The lowest BCUT2D eigenvalue weighted by atomic mass is 9.86. The predicted molar refractivity (Wildman–Crippen MR) is 141 cm³/mol. The number of hydrogen-bond acceptors (Lipinski definition) is 1. The highest BCUT2D eigenvalue weighted by Crippen LogP contribution is 2.32. The van der Waals surface area contributed by atoms with E-state index in [-0.39, 0.29) is 0 Å². The molecule has 0 saturated heterocycles. The largest absolute Gasteiger partial charge is 0.508 e. The molecule has 0 aliphatic heterocycles. The Hall–Kier alpha value is -4.10. The molecule has 5 aromatic carbocycles. The minimum atomic E-state index is 0.292. The van der Waals surface area contributed by atoms with E-state index in [9.17, 15) is 5.11 Å². The zero-order valence-electron chi connectivity index (χ0n) is 19.2. The average Bonchev–Trinajstić information content (AvgIpc) is 2.88. The minimum absolute atomic E-state index is 0.292. The number of aromatic hydroxyl groups is 1. The first kappa shape index (κ1) is 21.7. The third kappa shape index (κ3) is 5.27. The van der Waals surface area contributed by atoms with Gasteiger partial charge in [-0.1, -0.05) is 115 Å². The van der Waals surface area contributed by atoms with Gasteiger partial charge in [-0.15, -0.1) is 0 Å². The van der Waals surface area contributed by atoms with Crippen molar-refractivity contribution in [1.82, 2.24) is 0 Å². The first-order valence-electron chi connectivity index (χ1n) is 11.8. The maximum Gasteiger partial charge on any atom is 0.116 e. The quantitative estimate of drug-likeness (QED) is 0.273. The second-order valence-corrected chi connectivity index (χ2v) is 8.81. The lowest BCUT2D eigenvalue weighted by molar-refractivity contribution is 0.475. The number of phenolic OH excluding ortho intramolecular Hbond substituents is 1. The Kier molecular flexibility index (Phi) is 6.54. The van der Waals surface area contributed by atoms with E-state index in [0.29, 0.717) is 5.75 Å². The van der Waals surface area contributed by atoms with Gasteiger partial charge in [0, 0.05) is 0 Å². The first-order valence-corrected chi connectivity index (χ1v) is 11.8. The van der Waals surface area contributed by atoms with Gasteiger partial charge >= 0.3 is 0 Å². The molecular formula is C33H28O. The monoisotopic (exact) mass is 440 g/mol. The number of rotatable bonds is 7. The molecule has 0 spiro atoms. The van der Waals surface area contributed by atoms with Crippen LogP contribution in [0.3, 0.4) is 0 Å². The van der Waals surface area contributed by atoms with Gasteiger partial charge in [-0.2, -0.15) is 0 Å². The van der Waals surface area contributed by atoms with Crippen LogP contribution in [-0.4, -0.2) is 5.11 Å². The summed E-state index contributed by atoms with van der Waals surface area (Å²) in [5.41, 5.74) is 10.2. The molecule has 0 aromatic heterocycles. The normalized spacial score (nSPS) is 10.8. The second-order valence-electron chi connectivity index (χ2n) is 8.81. The molecule has 0 heterocycles. The molecule has 0 atom stereocenters. The Morgan fingerprint density at radius 1 is 0.412 bits per heavy atom. The highest BCUT2D eigenvalue weighted by atomic mass is 16.3. The van der Waals surface area contributed by atoms with Crippen LogP contribution in [0.25, 0.3) is 11.1 Å². The molecule has 0 fully saturated rings. The van der Waals surface area contributed by atoms with E-state index in [1.54, 1.807) is 6.07 Å². The first-order chi connectivity index (χ1) is 16.7. The van der Waals surface area contributed by atoms with E-state index in [1.807, 2.05) is 12.1 Å². The van der Waals surface area contributed by atoms with Gasteiger partial charge < -0.3 is 5.11 Å². The molecule has 0 unspecified atom stereocenters. The standard InChI is InChI=1S/C33H28O/c34-32-18-10-17-28(24-32)29-22-30(19-25-11-4-1-5-12-25)33(21-27-15-8-3-9-16-27)31(23-29)20-26-13-6-2-7-14-26/h1-18,22-24,34H,19-21H2. The molecule has 1 N–H and O–H groups in total. The minimum Gasteiger partial charge on any atom is -0.508 e. The van der Waals surface area contributed by atoms with Crippen LogP contribution in [0.2, 0.25) is 0 Å². The molecule has 0 aliphatic carbocycles. The molecule has 0 saturated carbocycles. The maximum absolute atomic E-state index is 10.1. The molecule has 0 bridgehead atoms. The van der Waals surface area contributed by atoms with Gasteiger partial charge in [-0.05, 0) is 75.9 Å². The number of phenols is 1. The molecule has 0 radical (unpaired) electrons. The zero-order chi connectivity index (χ0) is 23.2. The van der Waals surface area contributed by atoms with Crippen LogP contribution in [0.5, 0.6) is 5.75 Å². The van der Waals surface area contributed by atoms with Gasteiger partial charge in [-0.25, -0.2) is 0 Å². The topological polar surface area (TPSA) is 20.2 Å². The molecule has 5 aromatic rings. The van der Waals surface area contributed by atoms with Crippen LogP contribution in [-0.2, 0) is 19.3 Å². The van der Waals surface area contributed by atoms with Crippen molar-refractivity contribution in [3.05, 3.63) is 161 Å². The molecule has 1 heteroatoms. The van der Waals surface area contributed by atoms with Crippen molar-refractivity contribution in [2.75, 3.05) is 0 Å². The number of hydrogen-bond donors (Lipinski definition) is 1. The molecule has 5 rings (SSSR count). The van der Waals surface area contributed by atoms with Gasteiger partial charge in [0.15, 0.2) is 0 Å². The van der Waals surface area contributed by atoms with Gasteiger partial charge in [0.2, 0.25) is 0 Å². The fourth-order valence-corrected chi connectivity index (χ4v) is 4.62. The molecule has 1 nitrogen and oxygen atoms in total. The SMILES string of the molecule is Oc1cccc(-c2cc(Cc3ccccc3)c(Cc3ccccc3)c(Cc3ccccc3)c2)c1. The van der Waals surface area contributed by atoms with Gasteiger partial charge in [0.05, 0.1) is 0 Å². The summed E-state index contributed by atoms with van der Waals surface area (Å²) in [6, 6.07) is 44.3. The Labute approximate surface area is 202 Å². The summed E-state index contributed by atoms with van der Waals surface area (Å²) >= 11 is 0. The average molecular weight is 441 g/mol. The molecule has 0 amide bonds. The maximum atomic E-state index is 10.1. The number of benzene rings is 5. The third-order valence-electron chi connectivity index (χ3n) is 6.31.